The van der Waals surface area contributed by atoms with E-state index >= 15 is 0 Å². The first-order valence-corrected chi connectivity index (χ1v) is 10.9. The van der Waals surface area contributed by atoms with E-state index in [-0.39, 0.29) is 0 Å². The van der Waals surface area contributed by atoms with E-state index in [1.54, 1.807) is 0 Å². The van der Waals surface area contributed by atoms with Crippen LogP contribution in [0.3, 0.4) is 0 Å². The van der Waals surface area contributed by atoms with Crippen LogP contribution in [-0.4, -0.2) is 13.6 Å². The zero-order chi connectivity index (χ0) is 23.1. The molecule has 5 rings (SSSR count). The quantitative estimate of drug-likeness (QED) is 0.374. The zero-order valence-electron chi connectivity index (χ0n) is 19.9. The van der Waals surface area contributed by atoms with Crippen molar-refractivity contribution in [3.63, 3.8) is 0 Å². The van der Waals surface area contributed by atoms with Crippen LogP contribution in [-0.2, 0) is 0 Å². The van der Waals surface area contributed by atoms with Crippen molar-refractivity contribution in [1.29, 1.82) is 0 Å². The summed E-state index contributed by atoms with van der Waals surface area (Å²) in [5.41, 5.74) is 3.72. The van der Waals surface area contributed by atoms with Crippen LogP contribution in [0.1, 0.15) is 44.4 Å². The van der Waals surface area contributed by atoms with Gasteiger partial charge in [0.25, 0.3) is 0 Å². The minimum atomic E-state index is 0.360. The predicted molar refractivity (Wildman–Crippen MR) is 128 cm³/mol. The number of benzene rings is 3. The summed E-state index contributed by atoms with van der Waals surface area (Å²) in [6.07, 6.45) is 0. The Kier molecular flexibility index (Phi) is 12.3. The molecule has 0 atom stereocenters. The molecule has 2 aliphatic heterocycles. The van der Waals surface area contributed by atoms with Gasteiger partial charge in [-0.05, 0) is 56.2 Å². The summed E-state index contributed by atoms with van der Waals surface area (Å²) in [7, 11) is 0. The second-order valence-corrected chi connectivity index (χ2v) is 6.37. The lowest BCUT2D eigenvalue weighted by Crippen LogP contribution is -1.92. The minimum Gasteiger partial charge on any atom is -0.454 e. The molecule has 0 unspecified atom stereocenters. The molecule has 168 valence electrons. The van der Waals surface area contributed by atoms with Crippen LogP contribution >= 0.6 is 0 Å². The van der Waals surface area contributed by atoms with Gasteiger partial charge in [0, 0.05) is 0 Å². The number of rotatable bonds is 0. The average Bonchev–Trinajstić information content (AvgIpc) is 3.46. The van der Waals surface area contributed by atoms with Gasteiger partial charge in [0.2, 0.25) is 13.6 Å². The van der Waals surface area contributed by atoms with Crippen molar-refractivity contribution in [1.82, 2.24) is 0 Å². The SMILES string of the molecule is CC.CC.Cc1ccc2c(c1)OCO2.Cc1ccc2c(c1)OCO2.Cc1ccccc1. The highest BCUT2D eigenvalue weighted by atomic mass is 16.7. The van der Waals surface area contributed by atoms with Crippen LogP contribution in [0.2, 0.25) is 0 Å². The standard InChI is InChI=1S/2C8H8O2.C7H8.2C2H6/c2*1-6-2-3-7-8(4-6)10-5-9-7;1-7-5-3-2-4-6-7;2*1-2/h2*2-4H,5H2,1H3;2-6H,1H3;2*1-2H3. The van der Waals surface area contributed by atoms with Crippen molar-refractivity contribution in [2.75, 3.05) is 13.6 Å². The molecule has 31 heavy (non-hydrogen) atoms. The van der Waals surface area contributed by atoms with E-state index in [1.165, 1.54) is 16.7 Å². The topological polar surface area (TPSA) is 36.9 Å². The first kappa shape index (κ1) is 25.9. The maximum absolute atomic E-state index is 5.16. The summed E-state index contributed by atoms with van der Waals surface area (Å²) >= 11 is 0. The number of aryl methyl sites for hydroxylation is 3. The molecule has 4 nitrogen and oxygen atoms in total. The van der Waals surface area contributed by atoms with Gasteiger partial charge in [-0.15, -0.1) is 0 Å². The lowest BCUT2D eigenvalue weighted by atomic mass is 10.2. The Hall–Kier alpha value is -3.14. The molecule has 0 radical (unpaired) electrons. The van der Waals surface area contributed by atoms with E-state index in [2.05, 4.69) is 19.1 Å². The smallest absolute Gasteiger partial charge is 0.231 e. The largest absolute Gasteiger partial charge is 0.454 e. The van der Waals surface area contributed by atoms with Crippen molar-refractivity contribution in [3.05, 3.63) is 83.4 Å². The molecular formula is C27H36O4. The van der Waals surface area contributed by atoms with Gasteiger partial charge in [0.15, 0.2) is 23.0 Å². The third kappa shape index (κ3) is 9.04. The van der Waals surface area contributed by atoms with E-state index in [9.17, 15) is 0 Å². The fourth-order valence-corrected chi connectivity index (χ4v) is 2.54. The molecule has 0 fully saturated rings. The number of ether oxygens (including phenoxy) is 4. The van der Waals surface area contributed by atoms with Gasteiger partial charge in [-0.2, -0.15) is 0 Å². The summed E-state index contributed by atoms with van der Waals surface area (Å²) in [4.78, 5) is 0. The predicted octanol–water partition coefficient (Wildman–Crippen LogP) is 7.49. The van der Waals surface area contributed by atoms with Gasteiger partial charge < -0.3 is 18.9 Å². The maximum Gasteiger partial charge on any atom is 0.231 e. The number of hydrogen-bond donors (Lipinski definition) is 0. The average molecular weight is 425 g/mol. The molecule has 3 aromatic rings. The first-order chi connectivity index (χ1) is 15.1. The highest BCUT2D eigenvalue weighted by Crippen LogP contribution is 2.32. The summed E-state index contributed by atoms with van der Waals surface area (Å²) < 4.78 is 20.6. The highest BCUT2D eigenvalue weighted by Gasteiger charge is 2.12. The van der Waals surface area contributed by atoms with Gasteiger partial charge in [-0.25, -0.2) is 0 Å². The normalized spacial score (nSPS) is 11.2. The van der Waals surface area contributed by atoms with E-state index in [0.717, 1.165) is 23.0 Å². The van der Waals surface area contributed by atoms with Crippen LogP contribution in [0, 0.1) is 20.8 Å². The minimum absolute atomic E-state index is 0.360. The molecule has 0 amide bonds. The number of fused-ring (bicyclic) bond motifs is 2. The van der Waals surface area contributed by atoms with Gasteiger partial charge >= 0.3 is 0 Å². The molecule has 4 heteroatoms. The Bertz CT molecular complexity index is 820. The Morgan fingerprint density at radius 3 is 1.19 bits per heavy atom. The molecule has 0 aliphatic carbocycles. The second-order valence-electron chi connectivity index (χ2n) is 6.37. The van der Waals surface area contributed by atoms with Crippen molar-refractivity contribution in [2.45, 2.75) is 48.5 Å². The van der Waals surface area contributed by atoms with Crippen LogP contribution < -0.4 is 18.9 Å². The Balaban J connectivity index is 0.000000218. The lowest BCUT2D eigenvalue weighted by molar-refractivity contribution is 0.173. The summed E-state index contributed by atoms with van der Waals surface area (Å²) in [5, 5.41) is 0. The van der Waals surface area contributed by atoms with E-state index in [1.807, 2.05) is 96.1 Å². The molecule has 0 saturated carbocycles. The summed E-state index contributed by atoms with van der Waals surface area (Å²) in [5.74, 6) is 3.43. The molecule has 2 aliphatic rings. The molecule has 2 heterocycles. The number of hydrogen-bond acceptors (Lipinski definition) is 4. The highest BCUT2D eigenvalue weighted by molar-refractivity contribution is 5.44. The maximum atomic E-state index is 5.16. The zero-order valence-corrected chi connectivity index (χ0v) is 19.9. The molecular weight excluding hydrogens is 388 g/mol. The monoisotopic (exact) mass is 424 g/mol. The van der Waals surface area contributed by atoms with Crippen molar-refractivity contribution >= 4 is 0 Å². The molecule has 0 aromatic heterocycles. The van der Waals surface area contributed by atoms with Gasteiger partial charge in [0.1, 0.15) is 0 Å². The van der Waals surface area contributed by atoms with Crippen LogP contribution in [0.5, 0.6) is 23.0 Å². The molecule has 0 spiro atoms. The second kappa shape index (κ2) is 14.8. The third-order valence-corrected chi connectivity index (χ3v) is 4.00. The fraction of sp³-hybridized carbons (Fsp3) is 0.333. The Morgan fingerprint density at radius 2 is 0.839 bits per heavy atom. The van der Waals surface area contributed by atoms with E-state index in [0.29, 0.717) is 13.6 Å². The van der Waals surface area contributed by atoms with Crippen LogP contribution in [0.4, 0.5) is 0 Å². The van der Waals surface area contributed by atoms with Gasteiger partial charge in [-0.1, -0.05) is 75.7 Å². The van der Waals surface area contributed by atoms with E-state index in [4.69, 9.17) is 18.9 Å². The first-order valence-electron chi connectivity index (χ1n) is 10.9. The fourth-order valence-electron chi connectivity index (χ4n) is 2.54. The Morgan fingerprint density at radius 1 is 0.452 bits per heavy atom. The molecule has 0 bridgehead atoms. The van der Waals surface area contributed by atoms with Crippen LogP contribution in [0.15, 0.2) is 66.7 Å². The molecule has 0 saturated heterocycles. The van der Waals surface area contributed by atoms with Crippen molar-refractivity contribution in [3.8, 4) is 23.0 Å². The molecule has 0 N–H and O–H groups in total. The molecule has 3 aromatic carbocycles. The van der Waals surface area contributed by atoms with Crippen LogP contribution in [0.25, 0.3) is 0 Å². The Labute approximate surface area is 187 Å². The van der Waals surface area contributed by atoms with E-state index < -0.39 is 0 Å². The third-order valence-electron chi connectivity index (χ3n) is 4.00. The van der Waals surface area contributed by atoms with Crippen molar-refractivity contribution < 1.29 is 18.9 Å². The van der Waals surface area contributed by atoms with Gasteiger partial charge in [0.05, 0.1) is 0 Å². The van der Waals surface area contributed by atoms with Crippen molar-refractivity contribution in [2.24, 2.45) is 0 Å². The summed E-state index contributed by atoms with van der Waals surface area (Å²) in [6.45, 7) is 14.9. The van der Waals surface area contributed by atoms with Gasteiger partial charge in [-0.3, -0.25) is 0 Å². The summed E-state index contributed by atoms with van der Waals surface area (Å²) in [6, 6.07) is 22.1. The lowest BCUT2D eigenvalue weighted by Gasteiger charge is -1.94.